The molecule has 2 aromatic carbocycles. The molecule has 11 nitrogen and oxygen atoms in total. The van der Waals surface area contributed by atoms with Crippen molar-refractivity contribution in [3.05, 3.63) is 104 Å². The number of nitrogens with two attached hydrogens (primary N) is 1. The fourth-order valence-corrected chi connectivity index (χ4v) is 7.19. The van der Waals surface area contributed by atoms with Gasteiger partial charge in [-0.05, 0) is 74.4 Å². The van der Waals surface area contributed by atoms with Crippen LogP contribution in [-0.4, -0.2) is 73.5 Å². The Morgan fingerprint density at radius 2 is 1.76 bits per heavy atom. The minimum atomic E-state index is -4.49. The number of carbonyl (C=O) groups excluding carboxylic acids is 3. The van der Waals surface area contributed by atoms with Crippen LogP contribution in [0.2, 0.25) is 0 Å². The molecular formula is C35H37F3N6O5S. The van der Waals surface area contributed by atoms with Crippen molar-refractivity contribution in [2.45, 2.75) is 63.7 Å². The molecule has 2 aromatic heterocycles. The van der Waals surface area contributed by atoms with Crippen LogP contribution in [0.25, 0.3) is 0 Å². The van der Waals surface area contributed by atoms with E-state index in [1.807, 2.05) is 23.6 Å². The van der Waals surface area contributed by atoms with Gasteiger partial charge in [-0.3, -0.25) is 19.1 Å². The van der Waals surface area contributed by atoms with Crippen LogP contribution in [0, 0.1) is 6.92 Å². The number of rotatable bonds is 7. The quantitative estimate of drug-likeness (QED) is 0.250. The largest absolute Gasteiger partial charge is 0.478 e. The molecule has 1 saturated heterocycles. The van der Waals surface area contributed by atoms with E-state index in [0.717, 1.165) is 59.5 Å². The lowest BCUT2D eigenvalue weighted by Crippen LogP contribution is -2.40. The predicted molar refractivity (Wildman–Crippen MR) is 179 cm³/mol. The van der Waals surface area contributed by atoms with E-state index in [2.05, 4.69) is 16.1 Å². The molecule has 0 saturated carbocycles. The molecule has 15 heteroatoms. The zero-order chi connectivity index (χ0) is 36.2. The summed E-state index contributed by atoms with van der Waals surface area (Å²) in [4.78, 5) is 55.9. The van der Waals surface area contributed by atoms with Gasteiger partial charge in [-0.25, -0.2) is 9.78 Å². The highest BCUT2D eigenvalue weighted by atomic mass is 32.1. The number of aromatic carboxylic acids is 1. The molecule has 1 fully saturated rings. The number of primary amides is 1. The van der Waals surface area contributed by atoms with Crippen LogP contribution in [0.15, 0.2) is 60.1 Å². The zero-order valence-electron chi connectivity index (χ0n) is 27.5. The molecule has 1 aliphatic carbocycles. The summed E-state index contributed by atoms with van der Waals surface area (Å²) >= 11 is 1.61. The summed E-state index contributed by atoms with van der Waals surface area (Å²) in [5.74, 6) is -2.20. The lowest BCUT2D eigenvalue weighted by Gasteiger charge is -2.33. The number of alkyl halides is 3. The van der Waals surface area contributed by atoms with E-state index in [0.29, 0.717) is 24.7 Å². The first-order chi connectivity index (χ1) is 23.7. The summed E-state index contributed by atoms with van der Waals surface area (Å²) in [5.41, 5.74) is 7.03. The summed E-state index contributed by atoms with van der Waals surface area (Å²) in [6.07, 6.45) is 1.71. The molecule has 0 bridgehead atoms. The van der Waals surface area contributed by atoms with Gasteiger partial charge in [0.25, 0.3) is 5.91 Å². The minimum Gasteiger partial charge on any atom is -0.478 e. The van der Waals surface area contributed by atoms with Gasteiger partial charge in [0.05, 0.1) is 27.7 Å². The first-order valence-electron chi connectivity index (χ1n) is 16.1. The van der Waals surface area contributed by atoms with E-state index in [4.69, 9.17) is 10.8 Å². The highest BCUT2D eigenvalue weighted by Gasteiger charge is 2.35. The molecule has 2 aliphatic rings. The van der Waals surface area contributed by atoms with Crippen LogP contribution < -0.4 is 5.73 Å². The smallest absolute Gasteiger partial charge is 0.435 e. The average molecular weight is 711 g/mol. The van der Waals surface area contributed by atoms with Gasteiger partial charge in [0, 0.05) is 43.3 Å². The van der Waals surface area contributed by atoms with Crippen molar-refractivity contribution in [2.75, 3.05) is 20.1 Å². The van der Waals surface area contributed by atoms with Gasteiger partial charge < -0.3 is 20.6 Å². The third-order valence-corrected chi connectivity index (χ3v) is 10.0. The monoisotopic (exact) mass is 710 g/mol. The molecule has 6 rings (SSSR count). The number of amides is 3. The van der Waals surface area contributed by atoms with E-state index < -0.39 is 23.7 Å². The van der Waals surface area contributed by atoms with Crippen molar-refractivity contribution < 1.29 is 37.5 Å². The Morgan fingerprint density at radius 3 is 2.38 bits per heavy atom. The summed E-state index contributed by atoms with van der Waals surface area (Å²) in [6, 6.07) is 12.7. The number of hydrogen-bond donors (Lipinski definition) is 2. The summed E-state index contributed by atoms with van der Waals surface area (Å²) in [5, 5.41) is 15.6. The summed E-state index contributed by atoms with van der Waals surface area (Å²) < 4.78 is 39.1. The maximum absolute atomic E-state index is 13.0. The van der Waals surface area contributed by atoms with Crippen LogP contribution >= 0.6 is 11.3 Å². The Bertz CT molecular complexity index is 1870. The lowest BCUT2D eigenvalue weighted by molar-refractivity contribution is -0.142. The van der Waals surface area contributed by atoms with Gasteiger partial charge in [-0.1, -0.05) is 24.3 Å². The van der Waals surface area contributed by atoms with Gasteiger partial charge in [0.2, 0.25) is 11.8 Å². The molecule has 3 heterocycles. The second-order valence-electron chi connectivity index (χ2n) is 12.3. The number of thiazole rings is 1. The standard InChI is InChI=1S/C20H20N2O4.C15H17F3N4OS/c1-22(17-8-4-6-12-5-2-3-7-14(12)17)19(24)15-10-9-13(20(25)26)11-16(15)18(21)23;1-10-8-12(15(16,17)18)20-22(10)9-13(23)21-5-2-11(3-6-21)14-19-4-7-24-14/h2-3,5,7,9-11,17H,4,6,8H2,1H3,(H2,21,23)(H,25,26);4,7-8,11H,2-3,5-6,9H2,1H3/t17-;/m0./s1. The van der Waals surface area contributed by atoms with Crippen LogP contribution in [0.3, 0.4) is 0 Å². The molecular weight excluding hydrogens is 673 g/mol. The normalized spacial score (nSPS) is 16.2. The molecule has 0 unspecified atom stereocenters. The number of aromatic nitrogens is 3. The third-order valence-electron chi connectivity index (χ3n) is 9.09. The molecule has 0 spiro atoms. The Kier molecular flexibility index (Phi) is 11.0. The van der Waals surface area contributed by atoms with E-state index >= 15 is 0 Å². The van der Waals surface area contributed by atoms with Crippen LogP contribution in [0.1, 0.15) is 96.2 Å². The number of carboxylic acid groups (broad SMARTS) is 1. The van der Waals surface area contributed by atoms with E-state index in [1.165, 1.54) is 24.6 Å². The maximum atomic E-state index is 13.0. The number of hydrogen-bond acceptors (Lipinski definition) is 7. The number of halogens is 3. The number of carboxylic acids is 1. The lowest BCUT2D eigenvalue weighted by atomic mass is 9.86. The zero-order valence-corrected chi connectivity index (χ0v) is 28.3. The number of piperidine rings is 1. The fourth-order valence-electron chi connectivity index (χ4n) is 6.38. The third kappa shape index (κ3) is 8.21. The van der Waals surface area contributed by atoms with Gasteiger partial charge in [0.15, 0.2) is 5.69 Å². The Hall–Kier alpha value is -5.05. The van der Waals surface area contributed by atoms with Crippen LogP contribution in [0.5, 0.6) is 0 Å². The van der Waals surface area contributed by atoms with E-state index in [9.17, 15) is 32.3 Å². The Morgan fingerprint density at radius 1 is 1.04 bits per heavy atom. The van der Waals surface area contributed by atoms with Crippen molar-refractivity contribution in [3.8, 4) is 0 Å². The molecule has 1 atom stereocenters. The summed E-state index contributed by atoms with van der Waals surface area (Å²) in [6.45, 7) is 2.54. The number of aryl methyl sites for hydroxylation is 2. The van der Waals surface area contributed by atoms with E-state index in [1.54, 1.807) is 34.4 Å². The number of benzene rings is 2. The first-order valence-corrected chi connectivity index (χ1v) is 16.9. The summed E-state index contributed by atoms with van der Waals surface area (Å²) in [7, 11) is 1.70. The van der Waals surface area contributed by atoms with Crippen molar-refractivity contribution in [1.29, 1.82) is 0 Å². The van der Waals surface area contributed by atoms with Crippen LogP contribution in [-0.2, 0) is 23.9 Å². The van der Waals surface area contributed by atoms with Gasteiger partial charge in [0.1, 0.15) is 6.54 Å². The van der Waals surface area contributed by atoms with Crippen molar-refractivity contribution in [2.24, 2.45) is 5.73 Å². The number of nitrogens with zero attached hydrogens (tertiary/aromatic N) is 5. The van der Waals surface area contributed by atoms with Crippen LogP contribution in [0.4, 0.5) is 13.2 Å². The number of likely N-dealkylation sites (tertiary alicyclic amines) is 1. The Balaban J connectivity index is 0.000000195. The fraction of sp³-hybridized carbons (Fsp3) is 0.371. The highest BCUT2D eigenvalue weighted by molar-refractivity contribution is 7.09. The molecule has 3 amide bonds. The molecule has 1 aliphatic heterocycles. The van der Waals surface area contributed by atoms with Crippen molar-refractivity contribution in [1.82, 2.24) is 24.6 Å². The van der Waals surface area contributed by atoms with E-state index in [-0.39, 0.29) is 41.1 Å². The topological polar surface area (TPSA) is 152 Å². The number of fused-ring (bicyclic) bond motifs is 1. The van der Waals surface area contributed by atoms with Crippen molar-refractivity contribution >= 4 is 35.0 Å². The Labute approximate surface area is 290 Å². The van der Waals surface area contributed by atoms with Gasteiger partial charge >= 0.3 is 12.1 Å². The SMILES string of the molecule is CN(C(=O)c1ccc(C(=O)O)cc1C(N)=O)[C@H]1CCCc2ccccc21.Cc1cc(C(F)(F)F)nn1CC(=O)N1CCC(c2nccs2)CC1. The minimum absolute atomic E-state index is 0.0779. The second kappa shape index (κ2) is 15.2. The second-order valence-corrected chi connectivity index (χ2v) is 13.2. The first kappa shape index (κ1) is 36.2. The number of carbonyl (C=O) groups is 4. The molecule has 0 radical (unpaired) electrons. The van der Waals surface area contributed by atoms with Gasteiger partial charge in [-0.15, -0.1) is 11.3 Å². The molecule has 50 heavy (non-hydrogen) atoms. The highest BCUT2D eigenvalue weighted by Crippen LogP contribution is 2.35. The predicted octanol–water partition coefficient (Wildman–Crippen LogP) is 5.71. The van der Waals surface area contributed by atoms with Crippen molar-refractivity contribution in [3.63, 3.8) is 0 Å². The molecule has 264 valence electrons. The average Bonchev–Trinajstić information content (AvgIpc) is 3.78. The maximum Gasteiger partial charge on any atom is 0.435 e. The molecule has 3 N–H and O–H groups in total. The molecule has 4 aromatic rings. The van der Waals surface area contributed by atoms with Gasteiger partial charge in [-0.2, -0.15) is 18.3 Å².